The minimum absolute atomic E-state index is 0.389. The Bertz CT molecular complexity index is 1290. The molecule has 4 rings (SSSR count). The molecule has 1 aliphatic rings. The maximum atomic E-state index is 7.33. The topological polar surface area (TPSA) is 75.4 Å². The molecule has 2 unspecified atom stereocenters. The van der Waals surface area contributed by atoms with E-state index in [1.54, 1.807) is 14.2 Å². The standard InChI is InChI=1S/C35H54N2O6Si2/c1-9-44(10-2,11-3)42-32(27-15-19-29(38-7)20-16-27)31-35(37-23-25-40-26-24-37)41-34(36-31)33(43-45(12-4,13-5)14-6)28-17-21-30(39-8)22-18-28/h15-22,32-33H,9-14,23-26H2,1-8H3. The van der Waals surface area contributed by atoms with Crippen molar-refractivity contribution >= 4 is 22.5 Å². The molecule has 0 radical (unpaired) electrons. The van der Waals surface area contributed by atoms with Crippen LogP contribution >= 0.6 is 0 Å². The highest BCUT2D eigenvalue weighted by molar-refractivity contribution is 6.74. The van der Waals surface area contributed by atoms with Gasteiger partial charge in [-0.3, -0.25) is 0 Å². The van der Waals surface area contributed by atoms with Crippen LogP contribution in [0.5, 0.6) is 11.5 Å². The number of rotatable bonds is 17. The molecule has 3 aromatic rings. The molecule has 2 atom stereocenters. The van der Waals surface area contributed by atoms with Crippen LogP contribution in [0.4, 0.5) is 5.88 Å². The third-order valence-corrected chi connectivity index (χ3v) is 19.1. The third-order valence-electron chi connectivity index (χ3n) is 9.86. The summed E-state index contributed by atoms with van der Waals surface area (Å²) < 4.78 is 38.2. The summed E-state index contributed by atoms with van der Waals surface area (Å²) in [6.07, 6.45) is -0.835. The quantitative estimate of drug-likeness (QED) is 0.134. The van der Waals surface area contributed by atoms with Crippen molar-refractivity contribution in [3.8, 4) is 11.5 Å². The van der Waals surface area contributed by atoms with E-state index in [4.69, 9.17) is 32.5 Å². The van der Waals surface area contributed by atoms with E-state index in [0.29, 0.717) is 19.1 Å². The van der Waals surface area contributed by atoms with Crippen LogP contribution < -0.4 is 14.4 Å². The first-order chi connectivity index (χ1) is 21.8. The van der Waals surface area contributed by atoms with Crippen molar-refractivity contribution in [1.29, 1.82) is 0 Å². The molecule has 1 saturated heterocycles. The number of nitrogens with zero attached hydrogens (tertiary/aromatic N) is 2. The van der Waals surface area contributed by atoms with E-state index in [2.05, 4.69) is 70.7 Å². The number of ether oxygens (including phenoxy) is 3. The van der Waals surface area contributed by atoms with Gasteiger partial charge in [0.25, 0.3) is 0 Å². The fourth-order valence-corrected chi connectivity index (χ4v) is 11.7. The minimum Gasteiger partial charge on any atom is -0.497 e. The number of morpholine rings is 1. The van der Waals surface area contributed by atoms with Gasteiger partial charge in [0.1, 0.15) is 29.4 Å². The van der Waals surface area contributed by atoms with Gasteiger partial charge in [-0.1, -0.05) is 65.8 Å². The molecule has 45 heavy (non-hydrogen) atoms. The second-order valence-electron chi connectivity index (χ2n) is 11.9. The lowest BCUT2D eigenvalue weighted by atomic mass is 10.1. The lowest BCUT2D eigenvalue weighted by Crippen LogP contribution is -2.39. The summed E-state index contributed by atoms with van der Waals surface area (Å²) in [5, 5.41) is 0. The molecule has 1 aromatic heterocycles. The van der Waals surface area contributed by atoms with Crippen molar-refractivity contribution in [2.75, 3.05) is 45.4 Å². The van der Waals surface area contributed by atoms with Gasteiger partial charge >= 0.3 is 0 Å². The highest BCUT2D eigenvalue weighted by Gasteiger charge is 2.40. The van der Waals surface area contributed by atoms with Crippen molar-refractivity contribution in [1.82, 2.24) is 4.98 Å². The molecule has 0 amide bonds. The first-order valence-electron chi connectivity index (χ1n) is 16.8. The second-order valence-corrected chi connectivity index (χ2v) is 21.3. The molecule has 0 aliphatic carbocycles. The van der Waals surface area contributed by atoms with E-state index in [1.807, 2.05) is 24.3 Å². The molecule has 1 fully saturated rings. The van der Waals surface area contributed by atoms with E-state index >= 15 is 0 Å². The fourth-order valence-electron chi connectivity index (χ4n) is 6.22. The molecule has 10 heteroatoms. The summed E-state index contributed by atoms with van der Waals surface area (Å²) in [6.45, 7) is 16.3. The van der Waals surface area contributed by atoms with Crippen LogP contribution in [0.2, 0.25) is 36.3 Å². The Morgan fingerprint density at radius 1 is 0.667 bits per heavy atom. The smallest absolute Gasteiger partial charge is 0.229 e. The van der Waals surface area contributed by atoms with Gasteiger partial charge < -0.3 is 32.4 Å². The van der Waals surface area contributed by atoms with Gasteiger partial charge in [0.05, 0.1) is 27.4 Å². The van der Waals surface area contributed by atoms with Crippen molar-refractivity contribution in [2.45, 2.75) is 90.0 Å². The van der Waals surface area contributed by atoms with Crippen LogP contribution in [0.3, 0.4) is 0 Å². The van der Waals surface area contributed by atoms with Crippen LogP contribution in [-0.2, 0) is 13.6 Å². The fraction of sp³-hybridized carbons (Fsp3) is 0.571. The van der Waals surface area contributed by atoms with Crippen LogP contribution in [0.1, 0.15) is 76.5 Å². The number of anilines is 1. The van der Waals surface area contributed by atoms with Crippen LogP contribution in [-0.4, -0.2) is 62.1 Å². The zero-order chi connectivity index (χ0) is 32.5. The van der Waals surface area contributed by atoms with Crippen LogP contribution in [0.15, 0.2) is 52.9 Å². The molecule has 2 aromatic carbocycles. The van der Waals surface area contributed by atoms with Gasteiger partial charge in [-0.25, -0.2) is 4.98 Å². The van der Waals surface area contributed by atoms with Gasteiger partial charge in [0, 0.05) is 13.1 Å². The number of oxazole rings is 1. The average Bonchev–Trinajstić information content (AvgIpc) is 3.55. The summed E-state index contributed by atoms with van der Waals surface area (Å²) in [5.41, 5.74) is 2.85. The van der Waals surface area contributed by atoms with Gasteiger partial charge in [-0.15, -0.1) is 0 Å². The van der Waals surface area contributed by atoms with E-state index in [-0.39, 0.29) is 6.10 Å². The summed E-state index contributed by atoms with van der Waals surface area (Å²) >= 11 is 0. The maximum absolute atomic E-state index is 7.33. The summed E-state index contributed by atoms with van der Waals surface area (Å²) in [6, 6.07) is 22.5. The van der Waals surface area contributed by atoms with E-state index in [1.165, 1.54) is 0 Å². The number of benzene rings is 2. The van der Waals surface area contributed by atoms with E-state index in [0.717, 1.165) is 83.6 Å². The lowest BCUT2D eigenvalue weighted by molar-refractivity contribution is 0.119. The first-order valence-corrected chi connectivity index (χ1v) is 21.9. The Labute approximate surface area is 272 Å². The third kappa shape index (κ3) is 8.03. The number of hydrogen-bond donors (Lipinski definition) is 0. The Kier molecular flexibility index (Phi) is 12.7. The van der Waals surface area contributed by atoms with Crippen LogP contribution in [0, 0.1) is 0 Å². The zero-order valence-electron chi connectivity index (χ0n) is 28.7. The SMILES string of the molecule is CC[Si](CC)(CC)OC(c1ccc(OC)cc1)c1nc(C(O[Si](CC)(CC)CC)c2ccc(OC)cc2)c(N2CCOCC2)o1. The summed E-state index contributed by atoms with van der Waals surface area (Å²) in [7, 11) is -0.779. The normalized spacial score (nSPS) is 15.6. The monoisotopic (exact) mass is 654 g/mol. The molecule has 0 spiro atoms. The zero-order valence-corrected chi connectivity index (χ0v) is 30.7. The highest BCUT2D eigenvalue weighted by Crippen LogP contribution is 2.43. The van der Waals surface area contributed by atoms with Crippen molar-refractivity contribution in [3.05, 3.63) is 71.2 Å². The molecule has 0 N–H and O–H groups in total. The molecule has 248 valence electrons. The molecular formula is C35H54N2O6Si2. The largest absolute Gasteiger partial charge is 0.497 e. The summed E-state index contributed by atoms with van der Waals surface area (Å²) in [5.74, 6) is 2.93. The van der Waals surface area contributed by atoms with E-state index in [9.17, 15) is 0 Å². The predicted molar refractivity (Wildman–Crippen MR) is 186 cm³/mol. The van der Waals surface area contributed by atoms with Crippen molar-refractivity contribution in [2.24, 2.45) is 0 Å². The molecule has 0 saturated carbocycles. The summed E-state index contributed by atoms with van der Waals surface area (Å²) in [4.78, 5) is 7.64. The Balaban J connectivity index is 1.93. The minimum atomic E-state index is -2.08. The predicted octanol–water partition coefficient (Wildman–Crippen LogP) is 8.75. The van der Waals surface area contributed by atoms with Gasteiger partial charge in [0.15, 0.2) is 16.6 Å². The van der Waals surface area contributed by atoms with Crippen molar-refractivity contribution in [3.63, 3.8) is 0 Å². The van der Waals surface area contributed by atoms with Gasteiger partial charge in [-0.05, 0) is 71.7 Å². The molecule has 0 bridgehead atoms. The van der Waals surface area contributed by atoms with Crippen molar-refractivity contribution < 1.29 is 27.5 Å². The highest BCUT2D eigenvalue weighted by atomic mass is 28.4. The lowest BCUT2D eigenvalue weighted by Gasteiger charge is -2.34. The van der Waals surface area contributed by atoms with E-state index < -0.39 is 22.7 Å². The molecule has 1 aliphatic heterocycles. The second kappa shape index (κ2) is 16.3. The Morgan fingerprint density at radius 2 is 1.09 bits per heavy atom. The average molecular weight is 655 g/mol. The Hall–Kier alpha value is -2.64. The molecule has 8 nitrogen and oxygen atoms in total. The maximum Gasteiger partial charge on any atom is 0.229 e. The Morgan fingerprint density at radius 3 is 1.51 bits per heavy atom. The molecular weight excluding hydrogens is 601 g/mol. The number of aromatic nitrogens is 1. The van der Waals surface area contributed by atoms with Crippen LogP contribution in [0.25, 0.3) is 0 Å². The molecule has 2 heterocycles. The first kappa shape index (κ1) is 35.2. The van der Waals surface area contributed by atoms with Gasteiger partial charge in [0.2, 0.25) is 11.8 Å². The number of methoxy groups -OCH3 is 2. The van der Waals surface area contributed by atoms with Gasteiger partial charge in [-0.2, -0.15) is 0 Å². The number of hydrogen-bond acceptors (Lipinski definition) is 8.